The molecule has 0 amide bonds. The van der Waals surface area contributed by atoms with E-state index in [-0.39, 0.29) is 6.04 Å². The molecule has 1 unspecified atom stereocenters. The number of hydrogen-bond acceptors (Lipinski definition) is 4. The zero-order valence-electron chi connectivity index (χ0n) is 10.6. The fourth-order valence-electron chi connectivity index (χ4n) is 1.75. The molecule has 1 N–H and O–H groups in total. The fourth-order valence-corrected chi connectivity index (χ4v) is 1.96. The van der Waals surface area contributed by atoms with Crippen molar-refractivity contribution in [3.05, 3.63) is 47.0 Å². The standard InChI is InChI=1S/C14H14ClN3O/c1-10(4-5-12-3-2-8-19-12)18-14-13(15)11(9-16)6-7-17-14/h2-3,6-8,10H,4-5H2,1H3,(H,17,18). The molecule has 0 aliphatic carbocycles. The number of nitrogens with one attached hydrogen (secondary N) is 1. The van der Waals surface area contributed by atoms with Crippen LogP contribution in [0, 0.1) is 11.3 Å². The Balaban J connectivity index is 1.95. The summed E-state index contributed by atoms with van der Waals surface area (Å²) in [7, 11) is 0. The average molecular weight is 276 g/mol. The fraction of sp³-hybridized carbons (Fsp3) is 0.286. The van der Waals surface area contributed by atoms with Crippen LogP contribution in [-0.2, 0) is 6.42 Å². The molecule has 19 heavy (non-hydrogen) atoms. The molecule has 5 heteroatoms. The first-order valence-corrected chi connectivity index (χ1v) is 6.42. The normalized spacial score (nSPS) is 11.8. The van der Waals surface area contributed by atoms with Crippen LogP contribution in [-0.4, -0.2) is 11.0 Å². The summed E-state index contributed by atoms with van der Waals surface area (Å²) in [6.45, 7) is 2.04. The summed E-state index contributed by atoms with van der Waals surface area (Å²) in [5.41, 5.74) is 0.428. The van der Waals surface area contributed by atoms with Crippen molar-refractivity contribution in [1.29, 1.82) is 5.26 Å². The van der Waals surface area contributed by atoms with Crippen molar-refractivity contribution in [3.8, 4) is 6.07 Å². The molecule has 98 valence electrons. The summed E-state index contributed by atoms with van der Waals surface area (Å²) in [6.07, 6.45) is 4.98. The second kappa shape index (κ2) is 6.26. The van der Waals surface area contributed by atoms with Gasteiger partial charge in [0.2, 0.25) is 0 Å². The van der Waals surface area contributed by atoms with Crippen LogP contribution in [0.15, 0.2) is 35.1 Å². The maximum Gasteiger partial charge on any atom is 0.146 e. The van der Waals surface area contributed by atoms with Crippen molar-refractivity contribution in [1.82, 2.24) is 4.98 Å². The number of nitrogens with zero attached hydrogens (tertiary/aromatic N) is 2. The van der Waals surface area contributed by atoms with Crippen molar-refractivity contribution >= 4 is 17.4 Å². The molecule has 4 nitrogen and oxygen atoms in total. The Morgan fingerprint density at radius 1 is 1.53 bits per heavy atom. The number of halogens is 1. The van der Waals surface area contributed by atoms with Crippen LogP contribution in [0.4, 0.5) is 5.82 Å². The monoisotopic (exact) mass is 275 g/mol. The third-order valence-corrected chi connectivity index (χ3v) is 3.18. The Hall–Kier alpha value is -1.99. The van der Waals surface area contributed by atoms with Gasteiger partial charge in [-0.15, -0.1) is 0 Å². The van der Waals surface area contributed by atoms with Crippen LogP contribution in [0.5, 0.6) is 0 Å². The highest BCUT2D eigenvalue weighted by Gasteiger charge is 2.10. The summed E-state index contributed by atoms with van der Waals surface area (Å²) < 4.78 is 5.28. The molecule has 0 aliphatic heterocycles. The van der Waals surface area contributed by atoms with Gasteiger partial charge in [-0.2, -0.15) is 5.26 Å². The molecule has 0 saturated heterocycles. The molecule has 0 bridgehead atoms. The van der Waals surface area contributed by atoms with Crippen LogP contribution in [0.25, 0.3) is 0 Å². The van der Waals surface area contributed by atoms with Crippen LogP contribution >= 0.6 is 11.6 Å². The minimum absolute atomic E-state index is 0.184. The number of pyridine rings is 1. The van der Waals surface area contributed by atoms with Gasteiger partial charge in [-0.1, -0.05) is 11.6 Å². The lowest BCUT2D eigenvalue weighted by atomic mass is 10.1. The molecule has 0 saturated carbocycles. The first-order chi connectivity index (χ1) is 9.20. The third kappa shape index (κ3) is 3.49. The van der Waals surface area contributed by atoms with E-state index < -0.39 is 0 Å². The first-order valence-electron chi connectivity index (χ1n) is 6.04. The third-order valence-electron chi connectivity index (χ3n) is 2.80. The Labute approximate surface area is 117 Å². The Bertz CT molecular complexity index is 575. The molecule has 2 aromatic rings. The molecule has 1 atom stereocenters. The van der Waals surface area contributed by atoms with Crippen LogP contribution < -0.4 is 5.32 Å². The molecule has 2 aromatic heterocycles. The summed E-state index contributed by atoms with van der Waals surface area (Å²) >= 11 is 6.09. The lowest BCUT2D eigenvalue weighted by Crippen LogP contribution is -2.17. The highest BCUT2D eigenvalue weighted by atomic mass is 35.5. The number of nitriles is 1. The summed E-state index contributed by atoms with van der Waals surface area (Å²) in [5.74, 6) is 1.51. The lowest BCUT2D eigenvalue weighted by molar-refractivity contribution is 0.495. The molecule has 0 spiro atoms. The minimum Gasteiger partial charge on any atom is -0.469 e. The quantitative estimate of drug-likeness (QED) is 0.905. The number of aryl methyl sites for hydroxylation is 1. The SMILES string of the molecule is CC(CCc1ccco1)Nc1nccc(C#N)c1Cl. The number of aromatic nitrogens is 1. The topological polar surface area (TPSA) is 61.9 Å². The number of hydrogen-bond donors (Lipinski definition) is 1. The molecule has 0 aliphatic rings. The smallest absolute Gasteiger partial charge is 0.146 e. The Morgan fingerprint density at radius 3 is 3.05 bits per heavy atom. The van der Waals surface area contributed by atoms with Crippen molar-refractivity contribution in [2.24, 2.45) is 0 Å². The minimum atomic E-state index is 0.184. The zero-order valence-corrected chi connectivity index (χ0v) is 11.3. The van der Waals surface area contributed by atoms with Gasteiger partial charge in [0.25, 0.3) is 0 Å². The van der Waals surface area contributed by atoms with E-state index in [1.54, 1.807) is 18.5 Å². The molecular weight excluding hydrogens is 262 g/mol. The molecule has 0 aromatic carbocycles. The summed E-state index contributed by atoms with van der Waals surface area (Å²) in [4.78, 5) is 4.15. The van der Waals surface area contributed by atoms with Gasteiger partial charge in [0, 0.05) is 18.7 Å². The summed E-state index contributed by atoms with van der Waals surface area (Å²) in [5, 5.41) is 12.5. The average Bonchev–Trinajstić information content (AvgIpc) is 2.92. The Kier molecular flexibility index (Phi) is 4.43. The zero-order chi connectivity index (χ0) is 13.7. The van der Waals surface area contributed by atoms with Gasteiger partial charge >= 0.3 is 0 Å². The summed E-state index contributed by atoms with van der Waals surface area (Å²) in [6, 6.07) is 7.65. The maximum atomic E-state index is 8.90. The molecule has 2 heterocycles. The van der Waals surface area contributed by atoms with Crippen molar-refractivity contribution in [3.63, 3.8) is 0 Å². The van der Waals surface area contributed by atoms with E-state index in [0.717, 1.165) is 18.6 Å². The van der Waals surface area contributed by atoms with E-state index in [1.165, 1.54) is 0 Å². The van der Waals surface area contributed by atoms with Crippen LogP contribution in [0.2, 0.25) is 5.02 Å². The van der Waals surface area contributed by atoms with Gasteiger partial charge in [0.05, 0.1) is 11.8 Å². The second-order valence-corrected chi connectivity index (χ2v) is 4.67. The Morgan fingerprint density at radius 2 is 2.37 bits per heavy atom. The predicted molar refractivity (Wildman–Crippen MR) is 74.1 cm³/mol. The van der Waals surface area contributed by atoms with Gasteiger partial charge in [-0.05, 0) is 31.5 Å². The van der Waals surface area contributed by atoms with Gasteiger partial charge < -0.3 is 9.73 Å². The van der Waals surface area contributed by atoms with Crippen molar-refractivity contribution in [2.75, 3.05) is 5.32 Å². The van der Waals surface area contributed by atoms with Crippen LogP contribution in [0.1, 0.15) is 24.7 Å². The molecule has 2 rings (SSSR count). The second-order valence-electron chi connectivity index (χ2n) is 4.30. The maximum absolute atomic E-state index is 8.90. The van der Waals surface area contributed by atoms with E-state index in [1.807, 2.05) is 25.1 Å². The van der Waals surface area contributed by atoms with Gasteiger partial charge in [-0.3, -0.25) is 0 Å². The van der Waals surface area contributed by atoms with Crippen molar-refractivity contribution < 1.29 is 4.42 Å². The molecule has 0 fully saturated rings. The first kappa shape index (κ1) is 13.4. The van der Waals surface area contributed by atoms with Crippen LogP contribution in [0.3, 0.4) is 0 Å². The lowest BCUT2D eigenvalue weighted by Gasteiger charge is -2.15. The van der Waals surface area contributed by atoms with Gasteiger partial charge in [0.1, 0.15) is 22.7 Å². The number of anilines is 1. The molecular formula is C14H14ClN3O. The van der Waals surface area contributed by atoms with E-state index in [9.17, 15) is 0 Å². The molecule has 0 radical (unpaired) electrons. The van der Waals surface area contributed by atoms with Gasteiger partial charge in [-0.25, -0.2) is 4.98 Å². The van der Waals surface area contributed by atoms with E-state index >= 15 is 0 Å². The van der Waals surface area contributed by atoms with E-state index in [0.29, 0.717) is 16.4 Å². The van der Waals surface area contributed by atoms with E-state index in [4.69, 9.17) is 21.3 Å². The highest BCUT2D eigenvalue weighted by molar-refractivity contribution is 6.34. The highest BCUT2D eigenvalue weighted by Crippen LogP contribution is 2.23. The van der Waals surface area contributed by atoms with Crippen molar-refractivity contribution in [2.45, 2.75) is 25.8 Å². The van der Waals surface area contributed by atoms with Gasteiger partial charge in [0.15, 0.2) is 0 Å². The predicted octanol–water partition coefficient (Wildman–Crippen LogP) is 3.63. The largest absolute Gasteiger partial charge is 0.469 e. The number of rotatable bonds is 5. The number of furan rings is 1. The van der Waals surface area contributed by atoms with E-state index in [2.05, 4.69) is 10.3 Å².